The van der Waals surface area contributed by atoms with Gasteiger partial charge in [-0.2, -0.15) is 0 Å². The second kappa shape index (κ2) is 5.44. The monoisotopic (exact) mass is 245 g/mol. The van der Waals surface area contributed by atoms with Gasteiger partial charge in [-0.25, -0.2) is 0 Å². The molecule has 0 aliphatic rings. The predicted molar refractivity (Wildman–Crippen MR) is 66.0 cm³/mol. The Hall–Kier alpha value is -2.17. The summed E-state index contributed by atoms with van der Waals surface area (Å²) in [6, 6.07) is 3.39. The molecule has 0 saturated heterocycles. The summed E-state index contributed by atoms with van der Waals surface area (Å²) < 4.78 is 5.10. The third kappa shape index (κ3) is 2.74. The van der Waals surface area contributed by atoms with E-state index in [1.807, 2.05) is 6.92 Å². The van der Waals surface area contributed by atoms with E-state index in [0.29, 0.717) is 12.2 Å². The zero-order chi connectivity index (χ0) is 13.0. The van der Waals surface area contributed by atoms with Crippen molar-refractivity contribution in [3.05, 3.63) is 48.4 Å². The van der Waals surface area contributed by atoms with Crippen LogP contribution in [-0.2, 0) is 6.42 Å². The van der Waals surface area contributed by atoms with Gasteiger partial charge in [0.15, 0.2) is 5.76 Å². The summed E-state index contributed by atoms with van der Waals surface area (Å²) in [6.45, 7) is 1.97. The Balaban J connectivity index is 2.01. The molecule has 1 unspecified atom stereocenters. The van der Waals surface area contributed by atoms with Crippen molar-refractivity contribution in [3.63, 3.8) is 0 Å². The fourth-order valence-electron chi connectivity index (χ4n) is 1.65. The lowest BCUT2D eigenvalue weighted by Crippen LogP contribution is -2.36. The van der Waals surface area contributed by atoms with Gasteiger partial charge in [0, 0.05) is 38.1 Å². The highest BCUT2D eigenvalue weighted by molar-refractivity contribution is 5.91. The standard InChI is InChI=1S/C13H15N3O2/c1-10(8-11-9-14-5-6-15-11)16(2)13(17)12-4-3-7-18-12/h3-7,9-10H,8H2,1-2H3. The van der Waals surface area contributed by atoms with Crippen molar-refractivity contribution >= 4 is 5.91 Å². The number of aromatic nitrogens is 2. The molecule has 2 aromatic rings. The number of amides is 1. The molecule has 2 heterocycles. The van der Waals surface area contributed by atoms with Gasteiger partial charge in [-0.15, -0.1) is 0 Å². The van der Waals surface area contributed by atoms with E-state index in [0.717, 1.165) is 5.69 Å². The van der Waals surface area contributed by atoms with E-state index < -0.39 is 0 Å². The van der Waals surface area contributed by atoms with Gasteiger partial charge >= 0.3 is 0 Å². The van der Waals surface area contributed by atoms with E-state index in [9.17, 15) is 4.79 Å². The average Bonchev–Trinajstić information content (AvgIpc) is 2.92. The van der Waals surface area contributed by atoms with Crippen LogP contribution in [0, 0.1) is 0 Å². The molecular formula is C13H15N3O2. The molecule has 1 atom stereocenters. The highest BCUT2D eigenvalue weighted by Gasteiger charge is 2.20. The van der Waals surface area contributed by atoms with Crippen LogP contribution in [-0.4, -0.2) is 33.9 Å². The van der Waals surface area contributed by atoms with Crippen LogP contribution in [0.2, 0.25) is 0 Å². The maximum absolute atomic E-state index is 12.0. The normalized spacial score (nSPS) is 12.1. The van der Waals surface area contributed by atoms with E-state index >= 15 is 0 Å². The molecule has 0 radical (unpaired) electrons. The molecule has 0 aliphatic heterocycles. The lowest BCUT2D eigenvalue weighted by molar-refractivity contribution is 0.0710. The van der Waals surface area contributed by atoms with Crippen LogP contribution in [0.15, 0.2) is 41.4 Å². The molecular weight excluding hydrogens is 230 g/mol. The first-order valence-corrected chi connectivity index (χ1v) is 5.74. The van der Waals surface area contributed by atoms with E-state index in [4.69, 9.17) is 4.42 Å². The quantitative estimate of drug-likeness (QED) is 0.823. The number of furan rings is 1. The third-order valence-electron chi connectivity index (χ3n) is 2.83. The fourth-order valence-corrected chi connectivity index (χ4v) is 1.65. The van der Waals surface area contributed by atoms with Gasteiger partial charge in [0.05, 0.1) is 12.0 Å². The van der Waals surface area contributed by atoms with Gasteiger partial charge in [0.25, 0.3) is 5.91 Å². The van der Waals surface area contributed by atoms with Gasteiger partial charge in [-0.3, -0.25) is 14.8 Å². The van der Waals surface area contributed by atoms with E-state index in [-0.39, 0.29) is 11.9 Å². The number of carbonyl (C=O) groups excluding carboxylic acids is 1. The summed E-state index contributed by atoms with van der Waals surface area (Å²) in [5, 5.41) is 0. The highest BCUT2D eigenvalue weighted by Crippen LogP contribution is 2.10. The molecule has 2 rings (SSSR count). The lowest BCUT2D eigenvalue weighted by Gasteiger charge is -2.23. The zero-order valence-electron chi connectivity index (χ0n) is 10.4. The molecule has 2 aromatic heterocycles. The Morgan fingerprint density at radius 1 is 1.50 bits per heavy atom. The van der Waals surface area contributed by atoms with Gasteiger partial charge in [-0.05, 0) is 19.1 Å². The first-order valence-electron chi connectivity index (χ1n) is 5.74. The Bertz CT molecular complexity index is 496. The number of likely N-dealkylation sites (N-methyl/N-ethyl adjacent to an activating group) is 1. The van der Waals surface area contributed by atoms with Crippen molar-refractivity contribution < 1.29 is 9.21 Å². The van der Waals surface area contributed by atoms with Crippen molar-refractivity contribution in [3.8, 4) is 0 Å². The largest absolute Gasteiger partial charge is 0.459 e. The van der Waals surface area contributed by atoms with E-state index in [1.165, 1.54) is 6.26 Å². The van der Waals surface area contributed by atoms with Crippen LogP contribution < -0.4 is 0 Å². The van der Waals surface area contributed by atoms with Crippen molar-refractivity contribution in [1.29, 1.82) is 0 Å². The summed E-state index contributed by atoms with van der Waals surface area (Å²) in [7, 11) is 1.76. The minimum Gasteiger partial charge on any atom is -0.459 e. The first kappa shape index (κ1) is 12.3. The molecule has 18 heavy (non-hydrogen) atoms. The summed E-state index contributed by atoms with van der Waals surface area (Å²) in [5.41, 5.74) is 0.865. The summed E-state index contributed by atoms with van der Waals surface area (Å²) in [5.74, 6) is 0.222. The van der Waals surface area contributed by atoms with Crippen LogP contribution >= 0.6 is 0 Å². The molecule has 94 valence electrons. The number of nitrogens with zero attached hydrogens (tertiary/aromatic N) is 3. The topological polar surface area (TPSA) is 59.2 Å². The molecule has 0 fully saturated rings. The SMILES string of the molecule is CC(Cc1cnccn1)N(C)C(=O)c1ccco1. The Kier molecular flexibility index (Phi) is 3.72. The molecule has 5 nitrogen and oxygen atoms in total. The van der Waals surface area contributed by atoms with Crippen LogP contribution in [0.1, 0.15) is 23.2 Å². The Morgan fingerprint density at radius 3 is 2.94 bits per heavy atom. The van der Waals surface area contributed by atoms with Crippen LogP contribution in [0.25, 0.3) is 0 Å². The van der Waals surface area contributed by atoms with Crippen molar-refractivity contribution in [2.75, 3.05) is 7.05 Å². The predicted octanol–water partition coefficient (Wildman–Crippen LogP) is 1.77. The van der Waals surface area contributed by atoms with Crippen molar-refractivity contribution in [2.24, 2.45) is 0 Å². The second-order valence-electron chi connectivity index (χ2n) is 4.14. The number of rotatable bonds is 4. The highest BCUT2D eigenvalue weighted by atomic mass is 16.3. The zero-order valence-corrected chi connectivity index (χ0v) is 10.4. The van der Waals surface area contributed by atoms with E-state index in [2.05, 4.69) is 9.97 Å². The van der Waals surface area contributed by atoms with Gasteiger partial charge < -0.3 is 9.32 Å². The van der Waals surface area contributed by atoms with Crippen molar-refractivity contribution in [1.82, 2.24) is 14.9 Å². The summed E-state index contributed by atoms with van der Waals surface area (Å²) >= 11 is 0. The second-order valence-corrected chi connectivity index (χ2v) is 4.14. The minimum absolute atomic E-state index is 0.0271. The first-order chi connectivity index (χ1) is 8.68. The van der Waals surface area contributed by atoms with Crippen LogP contribution in [0.4, 0.5) is 0 Å². The number of hydrogen-bond donors (Lipinski definition) is 0. The lowest BCUT2D eigenvalue weighted by atomic mass is 10.1. The molecule has 0 N–H and O–H groups in total. The molecule has 0 saturated carbocycles. The smallest absolute Gasteiger partial charge is 0.289 e. The molecule has 0 spiro atoms. The van der Waals surface area contributed by atoms with E-state index in [1.54, 1.807) is 42.7 Å². The maximum Gasteiger partial charge on any atom is 0.289 e. The average molecular weight is 245 g/mol. The molecule has 0 aliphatic carbocycles. The van der Waals surface area contributed by atoms with Gasteiger partial charge in [0.2, 0.25) is 0 Å². The third-order valence-corrected chi connectivity index (χ3v) is 2.83. The fraction of sp³-hybridized carbons (Fsp3) is 0.308. The molecule has 1 amide bonds. The maximum atomic E-state index is 12.0. The molecule has 0 bridgehead atoms. The summed E-state index contributed by atoms with van der Waals surface area (Å²) in [6.07, 6.45) is 7.15. The van der Waals surface area contributed by atoms with Crippen LogP contribution in [0.5, 0.6) is 0 Å². The van der Waals surface area contributed by atoms with Crippen molar-refractivity contribution in [2.45, 2.75) is 19.4 Å². The minimum atomic E-state index is -0.128. The Labute approximate surface area is 105 Å². The van der Waals surface area contributed by atoms with Gasteiger partial charge in [-0.1, -0.05) is 0 Å². The Morgan fingerprint density at radius 2 is 2.33 bits per heavy atom. The molecule has 5 heteroatoms. The summed E-state index contributed by atoms with van der Waals surface area (Å²) in [4.78, 5) is 21.9. The number of carbonyl (C=O) groups is 1. The number of hydrogen-bond acceptors (Lipinski definition) is 4. The van der Waals surface area contributed by atoms with Crippen LogP contribution in [0.3, 0.4) is 0 Å². The molecule has 0 aromatic carbocycles. The van der Waals surface area contributed by atoms with Gasteiger partial charge in [0.1, 0.15) is 0 Å².